The minimum Gasteiger partial charge on any atom is -0.312 e. The van der Waals surface area contributed by atoms with Crippen LogP contribution < -0.4 is 5.32 Å². The Hall–Kier alpha value is -0.780. The van der Waals surface area contributed by atoms with Crippen molar-refractivity contribution in [1.82, 2.24) is 15.3 Å². The van der Waals surface area contributed by atoms with Gasteiger partial charge in [-0.1, -0.05) is 0 Å². The lowest BCUT2D eigenvalue weighted by atomic mass is 9.98. The Bertz CT molecular complexity index is 550. The van der Waals surface area contributed by atoms with Crippen LogP contribution in [0.15, 0.2) is 22.8 Å². The van der Waals surface area contributed by atoms with Crippen molar-refractivity contribution < 1.29 is 0 Å². The predicted octanol–water partition coefficient (Wildman–Crippen LogP) is 3.56. The normalized spacial score (nSPS) is 18.7. The zero-order valence-corrected chi connectivity index (χ0v) is 12.5. The van der Waals surface area contributed by atoms with Gasteiger partial charge in [0.1, 0.15) is 5.01 Å². The number of rotatable bonds is 2. The fourth-order valence-corrected chi connectivity index (χ4v) is 3.69. The molecule has 0 aliphatic heterocycles. The van der Waals surface area contributed by atoms with Crippen LogP contribution in [0.4, 0.5) is 0 Å². The summed E-state index contributed by atoms with van der Waals surface area (Å²) in [6.45, 7) is 0. The van der Waals surface area contributed by atoms with Crippen LogP contribution in [0.5, 0.6) is 0 Å². The van der Waals surface area contributed by atoms with Gasteiger partial charge in [-0.3, -0.25) is 4.98 Å². The lowest BCUT2D eigenvalue weighted by Gasteiger charge is -2.19. The van der Waals surface area contributed by atoms with Crippen LogP contribution in [-0.2, 0) is 6.42 Å². The number of pyridine rings is 1. The third-order valence-electron chi connectivity index (χ3n) is 3.25. The van der Waals surface area contributed by atoms with Gasteiger partial charge in [-0.05, 0) is 54.4 Å². The molecule has 2 aromatic heterocycles. The minimum atomic E-state index is 0.411. The molecule has 0 amide bonds. The maximum Gasteiger partial charge on any atom is 0.142 e. The molecular formula is C13H14BrN3S. The second kappa shape index (κ2) is 5.07. The summed E-state index contributed by atoms with van der Waals surface area (Å²) in [7, 11) is 2.01. The zero-order valence-electron chi connectivity index (χ0n) is 10.1. The number of halogens is 1. The van der Waals surface area contributed by atoms with Crippen molar-refractivity contribution >= 4 is 27.3 Å². The van der Waals surface area contributed by atoms with Gasteiger partial charge in [-0.25, -0.2) is 4.98 Å². The molecular weight excluding hydrogens is 310 g/mol. The molecule has 2 aromatic rings. The topological polar surface area (TPSA) is 37.8 Å². The molecule has 5 heteroatoms. The highest BCUT2D eigenvalue weighted by Crippen LogP contribution is 2.36. The number of aryl methyl sites for hydroxylation is 1. The molecule has 3 nitrogen and oxygen atoms in total. The van der Waals surface area contributed by atoms with E-state index >= 15 is 0 Å². The van der Waals surface area contributed by atoms with E-state index in [-0.39, 0.29) is 0 Å². The Labute approximate surface area is 119 Å². The summed E-state index contributed by atoms with van der Waals surface area (Å²) in [5, 5.41) is 4.39. The van der Waals surface area contributed by atoms with E-state index in [0.717, 1.165) is 21.6 Å². The number of thiazole rings is 1. The molecule has 0 fully saturated rings. The number of hydrogen-bond donors (Lipinski definition) is 1. The van der Waals surface area contributed by atoms with Crippen molar-refractivity contribution in [2.45, 2.75) is 25.3 Å². The largest absolute Gasteiger partial charge is 0.312 e. The van der Waals surface area contributed by atoms with E-state index in [4.69, 9.17) is 4.98 Å². The van der Waals surface area contributed by atoms with Gasteiger partial charge in [0.25, 0.3) is 0 Å². The molecule has 3 rings (SSSR count). The minimum absolute atomic E-state index is 0.411. The van der Waals surface area contributed by atoms with Crippen molar-refractivity contribution in [1.29, 1.82) is 0 Å². The first-order valence-electron chi connectivity index (χ1n) is 6.06. The van der Waals surface area contributed by atoms with E-state index in [1.807, 2.05) is 25.4 Å². The number of fused-ring (bicyclic) bond motifs is 1. The van der Waals surface area contributed by atoms with Crippen LogP contribution in [0.3, 0.4) is 0 Å². The van der Waals surface area contributed by atoms with E-state index in [2.05, 4.69) is 26.2 Å². The van der Waals surface area contributed by atoms with E-state index in [9.17, 15) is 0 Å². The number of aromatic nitrogens is 2. The first-order valence-corrected chi connectivity index (χ1v) is 7.67. The molecule has 1 N–H and O–H groups in total. The van der Waals surface area contributed by atoms with Gasteiger partial charge >= 0.3 is 0 Å². The Morgan fingerprint density at radius 1 is 1.44 bits per heavy atom. The quantitative estimate of drug-likeness (QED) is 0.918. The van der Waals surface area contributed by atoms with Crippen LogP contribution in [0.1, 0.15) is 29.5 Å². The Morgan fingerprint density at radius 2 is 2.33 bits per heavy atom. The molecule has 0 bridgehead atoms. The van der Waals surface area contributed by atoms with Crippen LogP contribution in [0, 0.1) is 0 Å². The number of hydrogen-bond acceptors (Lipinski definition) is 4. The highest BCUT2D eigenvalue weighted by molar-refractivity contribution is 9.10. The van der Waals surface area contributed by atoms with Crippen molar-refractivity contribution in [3.8, 4) is 10.7 Å². The predicted molar refractivity (Wildman–Crippen MR) is 77.8 cm³/mol. The molecule has 1 aliphatic rings. The van der Waals surface area contributed by atoms with Crippen molar-refractivity contribution in [3.05, 3.63) is 33.4 Å². The van der Waals surface area contributed by atoms with Crippen LogP contribution in [0.2, 0.25) is 0 Å². The Balaban J connectivity index is 1.99. The molecule has 0 saturated carbocycles. The molecule has 1 unspecified atom stereocenters. The summed E-state index contributed by atoms with van der Waals surface area (Å²) < 4.78 is 1.00. The highest BCUT2D eigenvalue weighted by atomic mass is 79.9. The average molecular weight is 324 g/mol. The van der Waals surface area contributed by atoms with Gasteiger partial charge in [-0.15, -0.1) is 11.3 Å². The third-order valence-corrected chi connectivity index (χ3v) is 4.87. The van der Waals surface area contributed by atoms with Crippen molar-refractivity contribution in [3.63, 3.8) is 0 Å². The second-order valence-electron chi connectivity index (χ2n) is 4.42. The van der Waals surface area contributed by atoms with Crippen LogP contribution >= 0.6 is 27.3 Å². The summed E-state index contributed by atoms with van der Waals surface area (Å²) in [4.78, 5) is 10.6. The first kappa shape index (κ1) is 12.3. The van der Waals surface area contributed by atoms with Crippen LogP contribution in [0.25, 0.3) is 10.7 Å². The van der Waals surface area contributed by atoms with Gasteiger partial charge in [0.2, 0.25) is 0 Å². The summed E-state index contributed by atoms with van der Waals surface area (Å²) in [5.74, 6) is 0. The van der Waals surface area contributed by atoms with E-state index in [1.54, 1.807) is 11.3 Å². The fourth-order valence-electron chi connectivity index (χ4n) is 2.31. The summed E-state index contributed by atoms with van der Waals surface area (Å²) in [6.07, 6.45) is 5.40. The standard InChI is InChI=1S/C13H14BrN3S/c1-15-9-3-2-4-11-12(9)17-13(18-11)10-6-5-8(14)7-16-10/h5-7,9,15H,2-4H2,1H3. The Kier molecular flexibility index (Phi) is 3.46. The molecule has 94 valence electrons. The SMILES string of the molecule is CNC1CCCc2sc(-c3ccc(Br)cn3)nc21. The van der Waals surface area contributed by atoms with Crippen molar-refractivity contribution in [2.24, 2.45) is 0 Å². The summed E-state index contributed by atoms with van der Waals surface area (Å²) in [6, 6.07) is 4.44. The average Bonchev–Trinajstić information content (AvgIpc) is 2.83. The summed E-state index contributed by atoms with van der Waals surface area (Å²) in [5.41, 5.74) is 2.20. The molecule has 0 spiro atoms. The van der Waals surface area contributed by atoms with E-state index < -0.39 is 0 Å². The highest BCUT2D eigenvalue weighted by Gasteiger charge is 2.23. The molecule has 0 aromatic carbocycles. The Morgan fingerprint density at radius 3 is 3.06 bits per heavy atom. The molecule has 1 aliphatic carbocycles. The molecule has 2 heterocycles. The number of nitrogens with zero attached hydrogens (tertiary/aromatic N) is 2. The van der Waals surface area contributed by atoms with Crippen molar-refractivity contribution in [2.75, 3.05) is 7.05 Å². The van der Waals surface area contributed by atoms with Gasteiger partial charge in [0, 0.05) is 15.5 Å². The fraction of sp³-hybridized carbons (Fsp3) is 0.385. The van der Waals surface area contributed by atoms with Gasteiger partial charge in [-0.2, -0.15) is 0 Å². The van der Waals surface area contributed by atoms with Gasteiger partial charge in [0.05, 0.1) is 17.4 Å². The molecule has 0 saturated heterocycles. The van der Waals surface area contributed by atoms with Gasteiger partial charge < -0.3 is 5.32 Å². The van der Waals surface area contributed by atoms with E-state index in [0.29, 0.717) is 6.04 Å². The summed E-state index contributed by atoms with van der Waals surface area (Å²) >= 11 is 5.19. The van der Waals surface area contributed by atoms with Crippen LogP contribution in [-0.4, -0.2) is 17.0 Å². The lowest BCUT2D eigenvalue weighted by Crippen LogP contribution is -2.21. The monoisotopic (exact) mass is 323 g/mol. The first-order chi connectivity index (χ1) is 8.78. The lowest BCUT2D eigenvalue weighted by molar-refractivity contribution is 0.490. The molecule has 0 radical (unpaired) electrons. The number of nitrogens with one attached hydrogen (secondary N) is 1. The molecule has 1 atom stereocenters. The third kappa shape index (κ3) is 2.22. The van der Waals surface area contributed by atoms with E-state index in [1.165, 1.54) is 23.4 Å². The molecule has 18 heavy (non-hydrogen) atoms. The van der Waals surface area contributed by atoms with Gasteiger partial charge in [0.15, 0.2) is 0 Å². The smallest absolute Gasteiger partial charge is 0.142 e. The second-order valence-corrected chi connectivity index (χ2v) is 6.42. The zero-order chi connectivity index (χ0) is 12.5. The maximum atomic E-state index is 4.78. The maximum absolute atomic E-state index is 4.78.